The molecule has 0 aliphatic heterocycles. The van der Waals surface area contributed by atoms with Crippen LogP contribution in [-0.4, -0.2) is 31.2 Å². The third kappa shape index (κ3) is 7.14. The third-order valence-corrected chi connectivity index (χ3v) is 6.70. The van der Waals surface area contributed by atoms with Gasteiger partial charge in [0.15, 0.2) is 5.78 Å². The summed E-state index contributed by atoms with van der Waals surface area (Å²) in [5.74, 6) is 1.87. The Morgan fingerprint density at radius 2 is 1.10 bits per heavy atom. The van der Waals surface area contributed by atoms with Gasteiger partial charge in [-0.15, -0.1) is 0 Å². The molecule has 0 saturated heterocycles. The molecule has 0 radical (unpaired) electrons. The van der Waals surface area contributed by atoms with Crippen LogP contribution in [0, 0.1) is 0 Å². The van der Waals surface area contributed by atoms with Crippen molar-refractivity contribution in [2.24, 2.45) is 0 Å². The Hall–Kier alpha value is -3.47. The summed E-state index contributed by atoms with van der Waals surface area (Å²) in [4.78, 5) is 13.1. The Morgan fingerprint density at radius 1 is 0.667 bits per heavy atom. The summed E-state index contributed by atoms with van der Waals surface area (Å²) in [7, 11) is 1.70. The van der Waals surface area contributed by atoms with Crippen LogP contribution in [0.2, 0.25) is 0 Å². The zero-order valence-corrected chi connectivity index (χ0v) is 25.2. The fourth-order valence-electron chi connectivity index (χ4n) is 4.53. The quantitative estimate of drug-likeness (QED) is 0.235. The Bertz CT molecular complexity index is 1300. The number of hydrogen-bond donors (Lipinski definition) is 1. The molecule has 210 valence electrons. The van der Waals surface area contributed by atoms with E-state index in [0.717, 1.165) is 28.2 Å². The molecule has 0 heterocycles. The molecule has 0 atom stereocenters. The molecule has 0 aromatic heterocycles. The molecule has 1 N–H and O–H groups in total. The highest BCUT2D eigenvalue weighted by Gasteiger charge is 2.27. The van der Waals surface area contributed by atoms with Crippen LogP contribution >= 0.6 is 0 Å². The normalized spacial score (nSPS) is 12.3. The van der Waals surface area contributed by atoms with Gasteiger partial charge in [0, 0.05) is 28.3 Å². The van der Waals surface area contributed by atoms with Crippen LogP contribution in [0.3, 0.4) is 0 Å². The minimum absolute atomic E-state index is 0.104. The number of carbonyl (C=O) groups excluding carboxylic acids is 1. The van der Waals surface area contributed by atoms with E-state index in [1.165, 1.54) is 0 Å². The van der Waals surface area contributed by atoms with Gasteiger partial charge in [-0.3, -0.25) is 4.79 Å². The lowest BCUT2D eigenvalue weighted by Gasteiger charge is -2.29. The summed E-state index contributed by atoms with van der Waals surface area (Å²) >= 11 is 0. The maximum absolute atomic E-state index is 13.1. The molecule has 5 nitrogen and oxygen atoms in total. The van der Waals surface area contributed by atoms with Crippen LogP contribution in [0.4, 0.5) is 0 Å². The highest BCUT2D eigenvalue weighted by Crippen LogP contribution is 2.41. The van der Waals surface area contributed by atoms with Gasteiger partial charge < -0.3 is 19.3 Å². The summed E-state index contributed by atoms with van der Waals surface area (Å²) in [5, 5.41) is 10.8. The van der Waals surface area contributed by atoms with E-state index in [1.54, 1.807) is 31.4 Å². The molecular weight excluding hydrogens is 488 g/mol. The van der Waals surface area contributed by atoms with Crippen LogP contribution in [0.15, 0.2) is 54.6 Å². The first kappa shape index (κ1) is 30.1. The van der Waals surface area contributed by atoms with Gasteiger partial charge in [-0.1, -0.05) is 92.6 Å². The highest BCUT2D eigenvalue weighted by atomic mass is 16.5. The maximum atomic E-state index is 13.1. The largest absolute Gasteiger partial charge is 0.507 e. The van der Waals surface area contributed by atoms with Crippen LogP contribution in [-0.2, 0) is 16.2 Å². The minimum Gasteiger partial charge on any atom is -0.507 e. The minimum atomic E-state index is -0.313. The third-order valence-electron chi connectivity index (χ3n) is 6.70. The lowest BCUT2D eigenvalue weighted by atomic mass is 9.81. The number of ether oxygens (including phenoxy) is 3. The van der Waals surface area contributed by atoms with Gasteiger partial charge in [-0.05, 0) is 34.4 Å². The average Bonchev–Trinajstić information content (AvgIpc) is 2.84. The summed E-state index contributed by atoms with van der Waals surface area (Å²) < 4.78 is 18.2. The van der Waals surface area contributed by atoms with Crippen LogP contribution in [0.25, 0.3) is 0 Å². The summed E-state index contributed by atoms with van der Waals surface area (Å²) in [5.41, 5.74) is 3.19. The number of aromatic hydroxyl groups is 1. The molecule has 0 aliphatic rings. The number of hydrogen-bond acceptors (Lipinski definition) is 5. The van der Waals surface area contributed by atoms with Gasteiger partial charge in [-0.2, -0.15) is 0 Å². The van der Waals surface area contributed by atoms with Crippen molar-refractivity contribution in [2.75, 3.05) is 20.3 Å². The second-order valence-electron chi connectivity index (χ2n) is 13.1. The molecule has 0 fully saturated rings. The first-order valence-corrected chi connectivity index (χ1v) is 13.5. The lowest BCUT2D eigenvalue weighted by Crippen LogP contribution is -2.20. The van der Waals surface area contributed by atoms with Crippen molar-refractivity contribution in [3.63, 3.8) is 0 Å². The van der Waals surface area contributed by atoms with Crippen molar-refractivity contribution >= 4 is 5.78 Å². The van der Waals surface area contributed by atoms with Gasteiger partial charge in [0.1, 0.15) is 36.2 Å². The zero-order chi connectivity index (χ0) is 29.2. The van der Waals surface area contributed by atoms with E-state index in [4.69, 9.17) is 14.2 Å². The van der Waals surface area contributed by atoms with E-state index >= 15 is 0 Å². The molecule has 3 aromatic rings. The van der Waals surface area contributed by atoms with Gasteiger partial charge in [0.25, 0.3) is 0 Å². The van der Waals surface area contributed by atoms with Gasteiger partial charge in [0.05, 0.1) is 12.7 Å². The fourth-order valence-corrected chi connectivity index (χ4v) is 4.53. The number of benzene rings is 3. The highest BCUT2D eigenvalue weighted by molar-refractivity contribution is 6.10. The monoisotopic (exact) mass is 532 g/mol. The van der Waals surface area contributed by atoms with E-state index in [0.29, 0.717) is 17.9 Å². The SMILES string of the molecule is COc1cc(C(C)(C)C)c(OCCOc2cc(O)c(C(=O)c3ccccc3)cc2C(C)(C)C)cc1C(C)(C)C. The van der Waals surface area contributed by atoms with Crippen molar-refractivity contribution in [2.45, 2.75) is 78.6 Å². The van der Waals surface area contributed by atoms with Crippen molar-refractivity contribution in [1.29, 1.82) is 0 Å². The Kier molecular flexibility index (Phi) is 8.74. The zero-order valence-electron chi connectivity index (χ0n) is 25.2. The first-order valence-electron chi connectivity index (χ1n) is 13.5. The van der Waals surface area contributed by atoms with Crippen LogP contribution in [0.1, 0.15) is 94.9 Å². The van der Waals surface area contributed by atoms with Crippen molar-refractivity contribution in [1.82, 2.24) is 0 Å². The molecule has 0 bridgehead atoms. The molecular formula is C34H44O5. The lowest BCUT2D eigenvalue weighted by molar-refractivity contribution is 0.103. The summed E-state index contributed by atoms with van der Waals surface area (Å²) in [6.07, 6.45) is 0. The molecule has 0 unspecified atom stereocenters. The average molecular weight is 533 g/mol. The number of carbonyl (C=O) groups is 1. The van der Waals surface area contributed by atoms with E-state index in [2.05, 4.69) is 74.4 Å². The topological polar surface area (TPSA) is 65.0 Å². The second-order valence-corrected chi connectivity index (χ2v) is 13.1. The van der Waals surface area contributed by atoms with E-state index in [-0.39, 0.29) is 39.9 Å². The van der Waals surface area contributed by atoms with Crippen molar-refractivity contribution < 1.29 is 24.1 Å². The van der Waals surface area contributed by atoms with E-state index in [1.807, 2.05) is 18.2 Å². The molecule has 0 saturated carbocycles. The number of rotatable bonds is 8. The Balaban J connectivity index is 1.86. The number of methoxy groups -OCH3 is 1. The van der Waals surface area contributed by atoms with E-state index in [9.17, 15) is 9.90 Å². The van der Waals surface area contributed by atoms with Gasteiger partial charge in [0.2, 0.25) is 0 Å². The van der Waals surface area contributed by atoms with Crippen molar-refractivity contribution in [3.05, 3.63) is 82.4 Å². The predicted molar refractivity (Wildman–Crippen MR) is 158 cm³/mol. The molecule has 0 spiro atoms. The molecule has 3 rings (SSSR count). The van der Waals surface area contributed by atoms with Crippen LogP contribution in [0.5, 0.6) is 23.0 Å². The molecule has 5 heteroatoms. The number of phenols is 1. The maximum Gasteiger partial charge on any atom is 0.196 e. The molecule has 39 heavy (non-hydrogen) atoms. The molecule has 3 aromatic carbocycles. The second kappa shape index (κ2) is 11.3. The smallest absolute Gasteiger partial charge is 0.196 e. The molecule has 0 amide bonds. The van der Waals surface area contributed by atoms with Crippen molar-refractivity contribution in [3.8, 4) is 23.0 Å². The van der Waals surface area contributed by atoms with Gasteiger partial charge in [-0.25, -0.2) is 0 Å². The Morgan fingerprint density at radius 3 is 1.59 bits per heavy atom. The fraction of sp³-hybridized carbons (Fsp3) is 0.441. The summed E-state index contributed by atoms with van der Waals surface area (Å²) in [6, 6.07) is 16.4. The predicted octanol–water partition coefficient (Wildman–Crippen LogP) is 7.98. The van der Waals surface area contributed by atoms with E-state index < -0.39 is 0 Å². The van der Waals surface area contributed by atoms with Gasteiger partial charge >= 0.3 is 0 Å². The molecule has 0 aliphatic carbocycles. The first-order chi connectivity index (χ1) is 18.0. The standard InChI is InChI=1S/C34H44O5/c1-32(2,3)24-18-23(31(36)22-14-12-11-13-15-22)27(35)21-30(24)39-17-16-38-29-20-25(33(4,5)6)28(37-10)19-26(29)34(7,8)9/h11-15,18-21,35H,16-17H2,1-10H3. The summed E-state index contributed by atoms with van der Waals surface area (Å²) in [6.45, 7) is 19.7. The number of ketones is 1. The Labute approximate surface area is 234 Å². The number of phenolic OH excluding ortho intramolecular Hbond substituents is 1. The van der Waals surface area contributed by atoms with Crippen LogP contribution < -0.4 is 14.2 Å².